The predicted octanol–water partition coefficient (Wildman–Crippen LogP) is 2.85. The van der Waals surface area contributed by atoms with E-state index in [1.54, 1.807) is 7.11 Å². The molecule has 0 N–H and O–H groups in total. The van der Waals surface area contributed by atoms with E-state index in [1.807, 2.05) is 17.0 Å². The van der Waals surface area contributed by atoms with Gasteiger partial charge in [-0.1, -0.05) is 12.8 Å². The van der Waals surface area contributed by atoms with Crippen molar-refractivity contribution in [1.29, 1.82) is 0 Å². The van der Waals surface area contributed by atoms with Crippen LogP contribution in [0.4, 0.5) is 5.69 Å². The largest absolute Gasteiger partial charge is 0.497 e. The molecule has 2 aliphatic rings. The number of anilines is 1. The number of rotatable bonds is 4. The first-order valence-corrected chi connectivity index (χ1v) is 8.47. The van der Waals surface area contributed by atoms with Crippen LogP contribution in [0.1, 0.15) is 37.7 Å². The molecule has 0 bridgehead atoms. The molecule has 0 unspecified atom stereocenters. The number of amides is 1. The summed E-state index contributed by atoms with van der Waals surface area (Å²) in [6, 6.07) is 6.06. The lowest BCUT2D eigenvalue weighted by atomic mass is 10.0. The first-order chi connectivity index (χ1) is 10.8. The molecule has 2 aliphatic heterocycles. The van der Waals surface area contributed by atoms with Gasteiger partial charge in [-0.2, -0.15) is 0 Å². The fourth-order valence-electron chi connectivity index (χ4n) is 3.51. The molecule has 0 saturated carbocycles. The van der Waals surface area contributed by atoms with Crippen LogP contribution in [-0.4, -0.2) is 44.1 Å². The van der Waals surface area contributed by atoms with E-state index in [1.165, 1.54) is 44.3 Å². The van der Waals surface area contributed by atoms with Gasteiger partial charge in [0.2, 0.25) is 5.91 Å². The van der Waals surface area contributed by atoms with Crippen LogP contribution < -0.4 is 9.64 Å². The van der Waals surface area contributed by atoms with Crippen molar-refractivity contribution < 1.29 is 9.53 Å². The molecule has 4 nitrogen and oxygen atoms in total. The van der Waals surface area contributed by atoms with E-state index in [0.29, 0.717) is 6.42 Å². The van der Waals surface area contributed by atoms with E-state index in [9.17, 15) is 4.79 Å². The number of carbonyl (C=O) groups is 1. The molecule has 1 saturated heterocycles. The van der Waals surface area contributed by atoms with E-state index in [0.717, 1.165) is 30.9 Å². The van der Waals surface area contributed by atoms with Gasteiger partial charge in [-0.15, -0.1) is 0 Å². The highest BCUT2D eigenvalue weighted by molar-refractivity contribution is 5.96. The van der Waals surface area contributed by atoms with Crippen molar-refractivity contribution in [3.05, 3.63) is 23.8 Å². The van der Waals surface area contributed by atoms with Gasteiger partial charge < -0.3 is 14.5 Å². The van der Waals surface area contributed by atoms with Crippen LogP contribution in [0.15, 0.2) is 18.2 Å². The first-order valence-electron chi connectivity index (χ1n) is 8.47. The standard InChI is InChI=1S/C18H26N2O2/c1-22-16-7-8-17-15(14-16)6-9-18(21)20(17)13-12-19-10-4-2-3-5-11-19/h7-8,14H,2-6,9-13H2,1H3. The van der Waals surface area contributed by atoms with Gasteiger partial charge in [-0.25, -0.2) is 0 Å². The van der Waals surface area contributed by atoms with Crippen LogP contribution >= 0.6 is 0 Å². The quantitative estimate of drug-likeness (QED) is 0.857. The Hall–Kier alpha value is -1.55. The minimum Gasteiger partial charge on any atom is -0.497 e. The molecule has 2 heterocycles. The second-order valence-electron chi connectivity index (χ2n) is 6.30. The number of ether oxygens (including phenoxy) is 1. The number of hydrogen-bond donors (Lipinski definition) is 0. The molecule has 0 aromatic heterocycles. The van der Waals surface area contributed by atoms with E-state index in [2.05, 4.69) is 11.0 Å². The Morgan fingerprint density at radius 1 is 1.05 bits per heavy atom. The summed E-state index contributed by atoms with van der Waals surface area (Å²) in [7, 11) is 1.69. The molecule has 4 heteroatoms. The van der Waals surface area contributed by atoms with Crippen molar-refractivity contribution in [1.82, 2.24) is 4.90 Å². The zero-order valence-corrected chi connectivity index (χ0v) is 13.5. The number of hydrogen-bond acceptors (Lipinski definition) is 3. The third-order valence-electron chi connectivity index (χ3n) is 4.83. The van der Waals surface area contributed by atoms with Gasteiger partial charge in [0.15, 0.2) is 0 Å². The van der Waals surface area contributed by atoms with Crippen molar-refractivity contribution >= 4 is 11.6 Å². The molecule has 0 spiro atoms. The van der Waals surface area contributed by atoms with Gasteiger partial charge in [0.25, 0.3) is 0 Å². The lowest BCUT2D eigenvalue weighted by molar-refractivity contribution is -0.118. The van der Waals surface area contributed by atoms with Crippen molar-refractivity contribution in [2.75, 3.05) is 38.2 Å². The third-order valence-corrected chi connectivity index (χ3v) is 4.83. The molecular formula is C18H26N2O2. The highest BCUT2D eigenvalue weighted by atomic mass is 16.5. The van der Waals surface area contributed by atoms with Crippen LogP contribution in [0.2, 0.25) is 0 Å². The van der Waals surface area contributed by atoms with E-state index < -0.39 is 0 Å². The normalized spacial score (nSPS) is 19.7. The molecule has 0 aliphatic carbocycles. The molecular weight excluding hydrogens is 276 g/mol. The molecule has 1 fully saturated rings. The molecule has 0 radical (unpaired) electrons. The van der Waals surface area contributed by atoms with Crippen LogP contribution in [0.3, 0.4) is 0 Å². The van der Waals surface area contributed by atoms with Gasteiger partial charge in [0.1, 0.15) is 5.75 Å². The highest BCUT2D eigenvalue weighted by Gasteiger charge is 2.24. The summed E-state index contributed by atoms with van der Waals surface area (Å²) < 4.78 is 5.30. The minimum absolute atomic E-state index is 0.257. The van der Waals surface area contributed by atoms with Gasteiger partial charge in [-0.3, -0.25) is 4.79 Å². The summed E-state index contributed by atoms with van der Waals surface area (Å²) in [5, 5.41) is 0. The Bertz CT molecular complexity index is 522. The topological polar surface area (TPSA) is 32.8 Å². The number of carbonyl (C=O) groups excluding carboxylic acids is 1. The second kappa shape index (κ2) is 7.14. The van der Waals surface area contributed by atoms with Crippen molar-refractivity contribution in [2.45, 2.75) is 38.5 Å². The summed E-state index contributed by atoms with van der Waals surface area (Å²) in [5.41, 5.74) is 2.31. The van der Waals surface area contributed by atoms with Crippen LogP contribution in [-0.2, 0) is 11.2 Å². The predicted molar refractivity (Wildman–Crippen MR) is 88.6 cm³/mol. The van der Waals surface area contributed by atoms with E-state index in [-0.39, 0.29) is 5.91 Å². The van der Waals surface area contributed by atoms with Crippen LogP contribution in [0.25, 0.3) is 0 Å². The summed E-state index contributed by atoms with van der Waals surface area (Å²) in [6.45, 7) is 4.14. The van der Waals surface area contributed by atoms with E-state index in [4.69, 9.17) is 4.74 Å². The van der Waals surface area contributed by atoms with E-state index >= 15 is 0 Å². The van der Waals surface area contributed by atoms with Gasteiger partial charge in [0.05, 0.1) is 7.11 Å². The van der Waals surface area contributed by atoms with Crippen molar-refractivity contribution in [2.24, 2.45) is 0 Å². The van der Waals surface area contributed by atoms with Gasteiger partial charge in [0, 0.05) is 25.2 Å². The Kier molecular flexibility index (Phi) is 4.98. The number of benzene rings is 1. The zero-order valence-electron chi connectivity index (χ0n) is 13.5. The Morgan fingerprint density at radius 3 is 2.55 bits per heavy atom. The first kappa shape index (κ1) is 15.3. The molecule has 1 aromatic carbocycles. The summed E-state index contributed by atoms with van der Waals surface area (Å²) in [5.74, 6) is 1.13. The smallest absolute Gasteiger partial charge is 0.227 e. The maximum atomic E-state index is 12.3. The van der Waals surface area contributed by atoms with Gasteiger partial charge in [-0.05, 0) is 56.1 Å². The summed E-state index contributed by atoms with van der Waals surface area (Å²) in [6.07, 6.45) is 6.72. The second-order valence-corrected chi connectivity index (χ2v) is 6.30. The Morgan fingerprint density at radius 2 is 1.82 bits per heavy atom. The maximum Gasteiger partial charge on any atom is 0.227 e. The number of methoxy groups -OCH3 is 1. The van der Waals surface area contributed by atoms with Crippen LogP contribution in [0, 0.1) is 0 Å². The Labute approximate surface area is 133 Å². The number of nitrogens with zero attached hydrogens (tertiary/aromatic N) is 2. The molecule has 22 heavy (non-hydrogen) atoms. The molecule has 0 atom stereocenters. The average Bonchev–Trinajstić information content (AvgIpc) is 2.82. The maximum absolute atomic E-state index is 12.3. The number of likely N-dealkylation sites (tertiary alicyclic amines) is 1. The minimum atomic E-state index is 0.257. The Balaban J connectivity index is 1.69. The number of fused-ring (bicyclic) bond motifs is 1. The fourth-order valence-corrected chi connectivity index (χ4v) is 3.51. The van der Waals surface area contributed by atoms with Crippen molar-refractivity contribution in [3.8, 4) is 5.75 Å². The highest BCUT2D eigenvalue weighted by Crippen LogP contribution is 2.31. The molecule has 1 amide bonds. The zero-order chi connectivity index (χ0) is 15.4. The van der Waals surface area contributed by atoms with Crippen molar-refractivity contribution in [3.63, 3.8) is 0 Å². The van der Waals surface area contributed by atoms with Gasteiger partial charge >= 0.3 is 0 Å². The number of aryl methyl sites for hydroxylation is 1. The summed E-state index contributed by atoms with van der Waals surface area (Å²) in [4.78, 5) is 16.8. The monoisotopic (exact) mass is 302 g/mol. The third kappa shape index (κ3) is 3.43. The van der Waals surface area contributed by atoms with Crippen LogP contribution in [0.5, 0.6) is 5.75 Å². The molecule has 1 aromatic rings. The average molecular weight is 302 g/mol. The summed E-state index contributed by atoms with van der Waals surface area (Å²) >= 11 is 0. The molecule has 120 valence electrons. The lowest BCUT2D eigenvalue weighted by Crippen LogP contribution is -2.41. The SMILES string of the molecule is COc1ccc2c(c1)CCC(=O)N2CCN1CCCCCC1. The lowest BCUT2D eigenvalue weighted by Gasteiger charge is -2.31. The fraction of sp³-hybridized carbons (Fsp3) is 0.611. The molecule has 3 rings (SSSR count).